The zero-order valence-corrected chi connectivity index (χ0v) is 24.3. The lowest BCUT2D eigenvalue weighted by Crippen LogP contribution is -2.63. The predicted octanol–water partition coefficient (Wildman–Crippen LogP) is 1.93. The lowest BCUT2D eigenvalue weighted by Gasteiger charge is -2.44. The maximum absolute atomic E-state index is 12.1. The molecule has 14 heteroatoms. The number of carbonyl (C=O) groups excluding carboxylic acids is 4. The van der Waals surface area contributed by atoms with Crippen molar-refractivity contribution < 1.29 is 47.6 Å². The molecule has 0 amide bonds. The topological polar surface area (TPSA) is 167 Å². The molecule has 1 aliphatic heterocycles. The van der Waals surface area contributed by atoms with Crippen molar-refractivity contribution in [1.29, 1.82) is 0 Å². The Balaban J connectivity index is 1.63. The van der Waals surface area contributed by atoms with Crippen molar-refractivity contribution in [3.63, 3.8) is 0 Å². The minimum absolute atomic E-state index is 0.355. The summed E-state index contributed by atoms with van der Waals surface area (Å²) < 4.78 is 33.9. The molecule has 1 aromatic heterocycles. The van der Waals surface area contributed by atoms with Crippen LogP contribution in [0.4, 0.5) is 0 Å². The van der Waals surface area contributed by atoms with Gasteiger partial charge >= 0.3 is 23.9 Å². The second kappa shape index (κ2) is 13.9. The Morgan fingerprint density at radius 1 is 0.814 bits per heavy atom. The normalized spacial score (nSPS) is 21.4. The molecule has 14 nitrogen and oxygen atoms in total. The van der Waals surface area contributed by atoms with Gasteiger partial charge in [-0.3, -0.25) is 19.2 Å². The molecule has 0 saturated carbocycles. The number of para-hydroxylation sites is 1. The lowest BCUT2D eigenvalue weighted by atomic mass is 9.98. The van der Waals surface area contributed by atoms with Crippen LogP contribution in [0.3, 0.4) is 0 Å². The zero-order valence-electron chi connectivity index (χ0n) is 24.3. The third kappa shape index (κ3) is 8.35. The first-order chi connectivity index (χ1) is 20.5. The van der Waals surface area contributed by atoms with Crippen LogP contribution in [0.1, 0.15) is 38.8 Å². The van der Waals surface area contributed by atoms with E-state index >= 15 is 0 Å². The highest BCUT2D eigenvalue weighted by atomic mass is 16.7. The van der Waals surface area contributed by atoms with Crippen LogP contribution >= 0.6 is 0 Å². The average Bonchev–Trinajstić information content (AvgIpc) is 3.37. The third-order valence-corrected chi connectivity index (χ3v) is 6.28. The highest BCUT2D eigenvalue weighted by molar-refractivity contribution is 5.68. The van der Waals surface area contributed by atoms with Gasteiger partial charge in [-0.2, -0.15) is 4.80 Å². The Morgan fingerprint density at radius 2 is 1.44 bits per heavy atom. The molecule has 2 heterocycles. The van der Waals surface area contributed by atoms with Gasteiger partial charge < -0.3 is 28.4 Å². The molecule has 1 fully saturated rings. The number of tetrazole rings is 1. The highest BCUT2D eigenvalue weighted by Gasteiger charge is 2.53. The number of benzene rings is 2. The van der Waals surface area contributed by atoms with E-state index in [0.29, 0.717) is 18.0 Å². The largest absolute Gasteiger partial charge is 0.463 e. The van der Waals surface area contributed by atoms with E-state index in [1.54, 1.807) is 19.2 Å². The Kier molecular flexibility index (Phi) is 10.0. The molecule has 0 aliphatic carbocycles. The third-order valence-electron chi connectivity index (χ3n) is 6.28. The number of rotatable bonds is 10. The first-order valence-electron chi connectivity index (χ1n) is 13.4. The summed E-state index contributed by atoms with van der Waals surface area (Å²) in [5.74, 6) is -1.88. The fourth-order valence-corrected chi connectivity index (χ4v) is 4.56. The monoisotopic (exact) mass is 596 g/mol. The number of aryl methyl sites for hydroxylation is 1. The first-order valence-corrected chi connectivity index (χ1v) is 13.4. The van der Waals surface area contributed by atoms with E-state index in [4.69, 9.17) is 28.4 Å². The van der Waals surface area contributed by atoms with Crippen molar-refractivity contribution in [2.45, 2.75) is 64.8 Å². The molecule has 3 aromatic rings. The van der Waals surface area contributed by atoms with Crippen molar-refractivity contribution in [3.8, 4) is 17.1 Å². The van der Waals surface area contributed by atoms with E-state index in [1.807, 2.05) is 36.4 Å². The van der Waals surface area contributed by atoms with Crippen LogP contribution in [0, 0.1) is 0 Å². The molecule has 4 rings (SSSR count). The Hall–Kier alpha value is -4.85. The maximum Gasteiger partial charge on any atom is 0.303 e. The molecule has 0 unspecified atom stereocenters. The van der Waals surface area contributed by atoms with Gasteiger partial charge in [0, 0.05) is 39.7 Å². The van der Waals surface area contributed by atoms with Crippen LogP contribution in [0.15, 0.2) is 48.5 Å². The van der Waals surface area contributed by atoms with Crippen LogP contribution in [0.5, 0.6) is 5.75 Å². The summed E-state index contributed by atoms with van der Waals surface area (Å²) in [7, 11) is 1.69. The van der Waals surface area contributed by atoms with Crippen molar-refractivity contribution in [1.82, 2.24) is 20.2 Å². The van der Waals surface area contributed by atoms with Gasteiger partial charge in [-0.15, -0.1) is 10.2 Å². The second-order valence-corrected chi connectivity index (χ2v) is 9.77. The summed E-state index contributed by atoms with van der Waals surface area (Å²) in [6, 6.07) is 14.8. The summed E-state index contributed by atoms with van der Waals surface area (Å²) in [6.45, 7) is 4.33. The molecule has 43 heavy (non-hydrogen) atoms. The molecule has 0 spiro atoms. The SMILES string of the molecule is CC(=O)OC[C@H]1O[C@@H](Oc2ccccc2Cc2ccc(-c3nnn(C)n3)cc2)[C@H](OC(C)=O)[C@@H](OC(C)=O)[C@@H]1OC(C)=O. The van der Waals surface area contributed by atoms with E-state index < -0.39 is 54.6 Å². The number of carbonyl (C=O) groups is 4. The Labute approximate surface area is 247 Å². The van der Waals surface area contributed by atoms with Crippen LogP contribution in [-0.2, 0) is 56.3 Å². The minimum Gasteiger partial charge on any atom is -0.463 e. The van der Waals surface area contributed by atoms with Crippen molar-refractivity contribution in [2.24, 2.45) is 7.05 Å². The summed E-state index contributed by atoms with van der Waals surface area (Å²) >= 11 is 0. The fourth-order valence-electron chi connectivity index (χ4n) is 4.56. The molecular weight excluding hydrogens is 564 g/mol. The van der Waals surface area contributed by atoms with Crippen LogP contribution in [-0.4, -0.2) is 81.4 Å². The summed E-state index contributed by atoms with van der Waals surface area (Å²) in [5.41, 5.74) is 2.52. The highest BCUT2D eigenvalue weighted by Crippen LogP contribution is 2.32. The van der Waals surface area contributed by atoms with E-state index in [-0.39, 0.29) is 6.61 Å². The molecule has 0 radical (unpaired) electrons. The van der Waals surface area contributed by atoms with Crippen LogP contribution < -0.4 is 4.74 Å². The van der Waals surface area contributed by atoms with Gasteiger partial charge in [0.25, 0.3) is 0 Å². The molecule has 0 N–H and O–H groups in total. The number of ether oxygens (including phenoxy) is 6. The quantitative estimate of drug-likeness (QED) is 0.246. The number of hydrogen-bond donors (Lipinski definition) is 0. The molecule has 1 aliphatic rings. The fraction of sp³-hybridized carbons (Fsp3) is 0.414. The van der Waals surface area contributed by atoms with E-state index in [0.717, 1.165) is 30.5 Å². The average molecular weight is 597 g/mol. The lowest BCUT2D eigenvalue weighted by molar-refractivity contribution is -0.288. The Bertz CT molecular complexity index is 1460. The van der Waals surface area contributed by atoms with Crippen molar-refractivity contribution >= 4 is 23.9 Å². The predicted molar refractivity (Wildman–Crippen MR) is 146 cm³/mol. The van der Waals surface area contributed by atoms with Gasteiger partial charge in [-0.1, -0.05) is 42.5 Å². The number of aromatic nitrogens is 4. The summed E-state index contributed by atoms with van der Waals surface area (Å²) in [4.78, 5) is 49.2. The molecule has 0 bridgehead atoms. The van der Waals surface area contributed by atoms with Gasteiger partial charge in [0.05, 0.1) is 7.05 Å². The van der Waals surface area contributed by atoms with E-state index in [2.05, 4.69) is 15.4 Å². The first kappa shape index (κ1) is 31.1. The van der Waals surface area contributed by atoms with E-state index in [9.17, 15) is 19.2 Å². The zero-order chi connectivity index (χ0) is 31.1. The molecule has 2 aromatic carbocycles. The smallest absolute Gasteiger partial charge is 0.303 e. The van der Waals surface area contributed by atoms with Crippen molar-refractivity contribution in [2.75, 3.05) is 6.61 Å². The number of esters is 4. The van der Waals surface area contributed by atoms with Gasteiger partial charge in [0.15, 0.2) is 12.2 Å². The summed E-state index contributed by atoms with van der Waals surface area (Å²) in [6.07, 6.45) is -5.96. The van der Waals surface area contributed by atoms with Crippen LogP contribution in [0.25, 0.3) is 11.4 Å². The van der Waals surface area contributed by atoms with Gasteiger partial charge in [-0.05, 0) is 22.4 Å². The van der Waals surface area contributed by atoms with Gasteiger partial charge in [0.1, 0.15) is 18.5 Å². The van der Waals surface area contributed by atoms with Gasteiger partial charge in [0.2, 0.25) is 18.2 Å². The molecular formula is C29H32N4O10. The van der Waals surface area contributed by atoms with Crippen LogP contribution in [0.2, 0.25) is 0 Å². The molecule has 228 valence electrons. The minimum atomic E-state index is -1.34. The Morgan fingerprint density at radius 3 is 2.05 bits per heavy atom. The molecule has 5 atom stereocenters. The van der Waals surface area contributed by atoms with E-state index in [1.165, 1.54) is 18.6 Å². The number of nitrogens with zero attached hydrogens (tertiary/aromatic N) is 4. The molecule has 1 saturated heterocycles. The second-order valence-electron chi connectivity index (χ2n) is 9.77. The van der Waals surface area contributed by atoms with Gasteiger partial charge in [-0.25, -0.2) is 0 Å². The number of hydrogen-bond acceptors (Lipinski definition) is 13. The summed E-state index contributed by atoms with van der Waals surface area (Å²) in [5, 5.41) is 12.1. The standard InChI is InChI=1S/C29H32N4O10/c1-16(34)38-15-24-25(39-17(2)35)26(40-18(3)36)27(41-19(4)37)29(43-24)42-23-9-7-6-8-22(23)14-20-10-12-21(13-11-20)28-30-32-33(5)31-28/h6-13,24-27,29H,14-15H2,1-5H3/t24-,25-,26+,27-,29-/m1/s1. The van der Waals surface area contributed by atoms with Crippen molar-refractivity contribution in [3.05, 3.63) is 59.7 Å². The maximum atomic E-state index is 12.1.